The Morgan fingerprint density at radius 3 is 2.45 bits per heavy atom. The first-order valence-electron chi connectivity index (χ1n) is 9.20. The maximum absolute atomic E-state index is 13.4. The number of hydrogen-bond acceptors (Lipinski definition) is 9. The molecule has 158 valence electrons. The number of hydrogen-bond donors (Lipinski definition) is 1. The molecule has 3 aromatic heterocycles. The molecule has 0 saturated heterocycles. The molecule has 1 aromatic carbocycles. The van der Waals surface area contributed by atoms with Gasteiger partial charge in [-0.15, -0.1) is 26.4 Å². The van der Waals surface area contributed by atoms with Crippen LogP contribution in [0.25, 0.3) is 26.5 Å². The number of aromatic amines is 1. The molecular weight excluding hydrogens is 420 g/mol. The molecule has 0 bridgehead atoms. The third kappa shape index (κ3) is 3.76. The van der Waals surface area contributed by atoms with Crippen LogP contribution in [0.4, 0.5) is 5.69 Å². The molecule has 0 unspecified atom stereocenters. The average Bonchev–Trinajstić information content (AvgIpc) is 3.11. The molecule has 0 saturated carbocycles. The lowest BCUT2D eigenvalue weighted by molar-refractivity contribution is 0.391. The van der Waals surface area contributed by atoms with Gasteiger partial charge < -0.3 is 9.64 Å². The first kappa shape index (κ1) is 20.6. The molecule has 3 heterocycles. The van der Waals surface area contributed by atoms with E-state index in [9.17, 15) is 14.5 Å². The van der Waals surface area contributed by atoms with E-state index in [1.807, 2.05) is 19.0 Å². The summed E-state index contributed by atoms with van der Waals surface area (Å²) in [6, 6.07) is 9.79. The molecule has 1 N–H and O–H groups in total. The van der Waals surface area contributed by atoms with Crippen molar-refractivity contribution in [1.82, 2.24) is 24.6 Å². The van der Waals surface area contributed by atoms with Gasteiger partial charge in [-0.1, -0.05) is 12.1 Å². The van der Waals surface area contributed by atoms with Crippen molar-refractivity contribution in [2.24, 2.45) is 5.18 Å². The molecule has 4 aromatic rings. The normalized spacial score (nSPS) is 11.2. The maximum atomic E-state index is 13.4. The van der Waals surface area contributed by atoms with Crippen LogP contribution >= 0.6 is 11.3 Å². The highest BCUT2D eigenvalue weighted by Gasteiger charge is 2.21. The van der Waals surface area contributed by atoms with Gasteiger partial charge in [-0.25, -0.2) is 9.36 Å². The number of benzene rings is 1. The lowest BCUT2D eigenvalue weighted by Crippen LogP contribution is -2.34. The molecule has 0 spiro atoms. The van der Waals surface area contributed by atoms with Gasteiger partial charge in [-0.2, -0.15) is 0 Å². The predicted molar refractivity (Wildman–Crippen MR) is 118 cm³/mol. The van der Waals surface area contributed by atoms with Gasteiger partial charge in [-0.3, -0.25) is 9.78 Å². The van der Waals surface area contributed by atoms with E-state index in [1.54, 1.807) is 24.3 Å². The molecular formula is C20H18N6O4S. The summed E-state index contributed by atoms with van der Waals surface area (Å²) >= 11 is 1.31. The van der Waals surface area contributed by atoms with Crippen molar-refractivity contribution in [3.63, 3.8) is 0 Å². The number of nitrogens with one attached hydrogen (secondary N) is 1. The summed E-state index contributed by atoms with van der Waals surface area (Å²) in [5.74, 6) is 0.368. The van der Waals surface area contributed by atoms with E-state index in [0.29, 0.717) is 22.4 Å². The molecule has 0 aliphatic heterocycles. The highest BCUT2D eigenvalue weighted by Crippen LogP contribution is 2.37. The quantitative estimate of drug-likeness (QED) is 0.459. The molecule has 0 aliphatic carbocycles. The average molecular weight is 438 g/mol. The van der Waals surface area contributed by atoms with Crippen LogP contribution in [0.5, 0.6) is 5.88 Å². The topological polar surface area (TPSA) is 123 Å². The summed E-state index contributed by atoms with van der Waals surface area (Å²) in [5, 5.41) is 11.1. The van der Waals surface area contributed by atoms with Crippen molar-refractivity contribution in [3.8, 4) is 22.1 Å². The predicted octanol–water partition coefficient (Wildman–Crippen LogP) is 2.67. The Morgan fingerprint density at radius 2 is 1.87 bits per heavy atom. The maximum Gasteiger partial charge on any atom is 0.335 e. The molecule has 0 fully saturated rings. The summed E-state index contributed by atoms with van der Waals surface area (Å²) in [6.07, 6.45) is 0. The van der Waals surface area contributed by atoms with Gasteiger partial charge in [0, 0.05) is 17.5 Å². The first-order valence-corrected chi connectivity index (χ1v) is 10.0. The lowest BCUT2D eigenvalue weighted by Gasteiger charge is -2.11. The Hall–Kier alpha value is -3.70. The Labute approximate surface area is 179 Å². The Kier molecular flexibility index (Phi) is 5.44. The van der Waals surface area contributed by atoms with Gasteiger partial charge >= 0.3 is 5.69 Å². The zero-order valence-corrected chi connectivity index (χ0v) is 17.8. The Morgan fingerprint density at radius 1 is 1.13 bits per heavy atom. The third-order valence-corrected chi connectivity index (χ3v) is 5.82. The van der Waals surface area contributed by atoms with Gasteiger partial charge in [-0.05, 0) is 48.6 Å². The van der Waals surface area contributed by atoms with E-state index in [-0.39, 0.29) is 11.7 Å². The van der Waals surface area contributed by atoms with Crippen LogP contribution in [-0.4, -0.2) is 45.9 Å². The Bertz CT molecular complexity index is 1370. The largest absolute Gasteiger partial charge is 0.480 e. The monoisotopic (exact) mass is 438 g/mol. The highest BCUT2D eigenvalue weighted by atomic mass is 32.1. The van der Waals surface area contributed by atoms with Gasteiger partial charge in [0.05, 0.1) is 12.5 Å². The molecule has 11 heteroatoms. The fraction of sp³-hybridized carbons (Fsp3) is 0.200. The molecule has 0 amide bonds. The van der Waals surface area contributed by atoms with E-state index >= 15 is 0 Å². The van der Waals surface area contributed by atoms with Crippen molar-refractivity contribution in [3.05, 3.63) is 67.7 Å². The molecule has 0 atom stereocenters. The van der Waals surface area contributed by atoms with Crippen LogP contribution in [0.15, 0.2) is 51.2 Å². The fourth-order valence-electron chi connectivity index (χ4n) is 3.26. The molecule has 0 aliphatic rings. The van der Waals surface area contributed by atoms with E-state index < -0.39 is 11.2 Å². The molecule has 0 radical (unpaired) electrons. The SMILES string of the molecule is COc1ccc(-n2c(=O)[nH]c3sc(-c4ccc(N=O)cc4)c(CN(C)C)c3c2=O)nn1. The van der Waals surface area contributed by atoms with Crippen LogP contribution in [0.1, 0.15) is 5.56 Å². The van der Waals surface area contributed by atoms with E-state index in [4.69, 9.17) is 4.74 Å². The number of ether oxygens (including phenoxy) is 1. The molecule has 10 nitrogen and oxygen atoms in total. The number of thiophene rings is 1. The van der Waals surface area contributed by atoms with Crippen LogP contribution < -0.4 is 16.0 Å². The summed E-state index contributed by atoms with van der Waals surface area (Å²) in [7, 11) is 5.24. The summed E-state index contributed by atoms with van der Waals surface area (Å²) in [6.45, 7) is 0.471. The molecule has 31 heavy (non-hydrogen) atoms. The number of aromatic nitrogens is 4. The lowest BCUT2D eigenvalue weighted by atomic mass is 10.1. The minimum absolute atomic E-state index is 0.0962. The van der Waals surface area contributed by atoms with Gasteiger partial charge in [0.1, 0.15) is 10.5 Å². The summed E-state index contributed by atoms with van der Waals surface area (Å²) in [5.41, 5.74) is 0.813. The zero-order chi connectivity index (χ0) is 22.1. The van der Waals surface area contributed by atoms with Crippen molar-refractivity contribution in [1.29, 1.82) is 0 Å². The van der Waals surface area contributed by atoms with E-state index in [2.05, 4.69) is 20.4 Å². The van der Waals surface area contributed by atoms with Crippen molar-refractivity contribution < 1.29 is 4.74 Å². The fourth-order valence-corrected chi connectivity index (χ4v) is 4.46. The molecule has 4 rings (SSSR count). The van der Waals surface area contributed by atoms with Crippen molar-refractivity contribution in [2.75, 3.05) is 21.2 Å². The minimum Gasteiger partial charge on any atom is -0.480 e. The third-order valence-electron chi connectivity index (χ3n) is 4.62. The number of methoxy groups -OCH3 is 1. The standard InChI is InChI=1S/C20H18N6O4S/c1-25(2)10-13-16-18(31-17(13)11-4-6-12(24-29)7-5-11)21-20(28)26(19(16)27)14-8-9-15(30-3)23-22-14/h4-9H,10H2,1-3H3,(H,21,28). The highest BCUT2D eigenvalue weighted by molar-refractivity contribution is 7.22. The number of nitroso groups, excluding NO2 is 1. The smallest absolute Gasteiger partial charge is 0.335 e. The van der Waals surface area contributed by atoms with Gasteiger partial charge in [0.15, 0.2) is 5.82 Å². The van der Waals surface area contributed by atoms with Crippen molar-refractivity contribution >= 4 is 27.2 Å². The first-order chi connectivity index (χ1) is 14.9. The zero-order valence-electron chi connectivity index (χ0n) is 16.9. The van der Waals surface area contributed by atoms with Crippen LogP contribution in [-0.2, 0) is 6.54 Å². The van der Waals surface area contributed by atoms with E-state index in [1.165, 1.54) is 30.6 Å². The van der Waals surface area contributed by atoms with Gasteiger partial charge in [0.2, 0.25) is 5.88 Å². The minimum atomic E-state index is -0.610. The second-order valence-corrected chi connectivity index (χ2v) is 8.02. The summed E-state index contributed by atoms with van der Waals surface area (Å²) in [4.78, 5) is 42.9. The summed E-state index contributed by atoms with van der Waals surface area (Å²) < 4.78 is 5.95. The Balaban J connectivity index is 1.98. The van der Waals surface area contributed by atoms with Crippen LogP contribution in [0, 0.1) is 4.91 Å². The van der Waals surface area contributed by atoms with Crippen molar-refractivity contribution in [2.45, 2.75) is 6.54 Å². The second kappa shape index (κ2) is 8.20. The number of H-pyrrole nitrogens is 1. The van der Waals surface area contributed by atoms with E-state index in [0.717, 1.165) is 20.6 Å². The number of fused-ring (bicyclic) bond motifs is 1. The van der Waals surface area contributed by atoms with Crippen LogP contribution in [0.3, 0.4) is 0 Å². The van der Waals surface area contributed by atoms with Gasteiger partial charge in [0.25, 0.3) is 5.56 Å². The van der Waals surface area contributed by atoms with Crippen LogP contribution in [0.2, 0.25) is 0 Å². The number of rotatable bonds is 6. The number of nitrogens with zero attached hydrogens (tertiary/aromatic N) is 5. The second-order valence-electron chi connectivity index (χ2n) is 6.99.